The van der Waals surface area contributed by atoms with Crippen molar-refractivity contribution in [3.05, 3.63) is 35.9 Å². The molecule has 1 aliphatic rings. The predicted octanol–water partition coefficient (Wildman–Crippen LogP) is 1.45. The normalized spacial score (nSPS) is 24.2. The number of nitrogens with two attached hydrogens (primary N) is 1. The Morgan fingerprint density at radius 3 is 2.78 bits per heavy atom. The van der Waals surface area contributed by atoms with Crippen molar-refractivity contribution in [1.29, 1.82) is 0 Å². The molecule has 18 heavy (non-hydrogen) atoms. The quantitative estimate of drug-likeness (QED) is 0.756. The molecular formula is C15H24N2O. The summed E-state index contributed by atoms with van der Waals surface area (Å²) in [7, 11) is 0. The van der Waals surface area contributed by atoms with Crippen molar-refractivity contribution in [2.45, 2.75) is 50.3 Å². The van der Waals surface area contributed by atoms with E-state index in [0.717, 1.165) is 19.4 Å². The third kappa shape index (κ3) is 3.80. The number of rotatable bonds is 4. The molecule has 0 spiro atoms. The summed E-state index contributed by atoms with van der Waals surface area (Å²) in [6.07, 6.45) is 4.96. The molecule has 3 unspecified atom stereocenters. The summed E-state index contributed by atoms with van der Waals surface area (Å²) >= 11 is 0. The van der Waals surface area contributed by atoms with Crippen LogP contribution in [0.5, 0.6) is 0 Å². The summed E-state index contributed by atoms with van der Waals surface area (Å²) in [5.74, 6) is 0. The fourth-order valence-electron chi connectivity index (χ4n) is 2.65. The van der Waals surface area contributed by atoms with Gasteiger partial charge in [-0.25, -0.2) is 0 Å². The number of benzene rings is 1. The van der Waals surface area contributed by atoms with E-state index in [1.165, 1.54) is 24.8 Å². The minimum absolute atomic E-state index is 0.159. The standard InChI is InChI=1S/C15H24N2O/c16-13(11-12-7-3-1-4-8-12)15(18)14-9-5-2-6-10-17-14/h1,3-4,7-8,13-15,17-18H,2,5-6,9-11,16H2. The van der Waals surface area contributed by atoms with Gasteiger partial charge in [-0.2, -0.15) is 0 Å². The second-order valence-electron chi connectivity index (χ2n) is 5.25. The van der Waals surface area contributed by atoms with Gasteiger partial charge in [0.25, 0.3) is 0 Å². The van der Waals surface area contributed by atoms with Crippen molar-refractivity contribution >= 4 is 0 Å². The molecule has 1 aromatic rings. The summed E-state index contributed by atoms with van der Waals surface area (Å²) in [6, 6.07) is 10.1. The van der Waals surface area contributed by atoms with Gasteiger partial charge in [-0.3, -0.25) is 0 Å². The molecular weight excluding hydrogens is 224 g/mol. The molecule has 1 fully saturated rings. The zero-order valence-corrected chi connectivity index (χ0v) is 10.9. The SMILES string of the molecule is NC(Cc1ccccc1)C(O)C1CCCCCN1. The highest BCUT2D eigenvalue weighted by molar-refractivity contribution is 5.16. The minimum atomic E-state index is -0.455. The van der Waals surface area contributed by atoms with Crippen molar-refractivity contribution in [2.24, 2.45) is 5.73 Å². The smallest absolute Gasteiger partial charge is 0.0846 e. The van der Waals surface area contributed by atoms with Crippen LogP contribution in [0.1, 0.15) is 31.2 Å². The highest BCUT2D eigenvalue weighted by Crippen LogP contribution is 2.14. The molecule has 0 bridgehead atoms. The monoisotopic (exact) mass is 248 g/mol. The Hall–Kier alpha value is -0.900. The van der Waals surface area contributed by atoms with Crippen LogP contribution in [0, 0.1) is 0 Å². The van der Waals surface area contributed by atoms with Crippen LogP contribution in [0.2, 0.25) is 0 Å². The lowest BCUT2D eigenvalue weighted by atomic mass is 9.95. The van der Waals surface area contributed by atoms with E-state index in [4.69, 9.17) is 5.73 Å². The van der Waals surface area contributed by atoms with E-state index < -0.39 is 6.10 Å². The zero-order chi connectivity index (χ0) is 12.8. The van der Waals surface area contributed by atoms with E-state index in [2.05, 4.69) is 17.4 Å². The minimum Gasteiger partial charge on any atom is -0.390 e. The third-order valence-corrected chi connectivity index (χ3v) is 3.76. The maximum Gasteiger partial charge on any atom is 0.0846 e. The van der Waals surface area contributed by atoms with Crippen molar-refractivity contribution in [1.82, 2.24) is 5.32 Å². The Kier molecular flexibility index (Phi) is 5.17. The van der Waals surface area contributed by atoms with E-state index in [9.17, 15) is 5.11 Å². The molecule has 1 aromatic carbocycles. The van der Waals surface area contributed by atoms with Crippen molar-refractivity contribution in [3.8, 4) is 0 Å². The van der Waals surface area contributed by atoms with Crippen molar-refractivity contribution in [3.63, 3.8) is 0 Å². The fraction of sp³-hybridized carbons (Fsp3) is 0.600. The van der Waals surface area contributed by atoms with E-state index in [0.29, 0.717) is 0 Å². The Balaban J connectivity index is 1.89. The lowest BCUT2D eigenvalue weighted by Gasteiger charge is -2.27. The molecule has 0 saturated carbocycles. The van der Waals surface area contributed by atoms with Gasteiger partial charge in [0.05, 0.1) is 6.10 Å². The van der Waals surface area contributed by atoms with Crippen LogP contribution in [0.25, 0.3) is 0 Å². The molecule has 4 N–H and O–H groups in total. The summed E-state index contributed by atoms with van der Waals surface area (Å²) in [6.45, 7) is 1.000. The van der Waals surface area contributed by atoms with Gasteiger partial charge in [0, 0.05) is 12.1 Å². The van der Waals surface area contributed by atoms with Crippen LogP contribution in [-0.4, -0.2) is 29.8 Å². The Labute approximate surface area is 109 Å². The summed E-state index contributed by atoms with van der Waals surface area (Å²) in [4.78, 5) is 0. The number of hydrogen-bond acceptors (Lipinski definition) is 3. The molecule has 0 aliphatic carbocycles. The van der Waals surface area contributed by atoms with Crippen LogP contribution < -0.4 is 11.1 Å². The van der Waals surface area contributed by atoms with E-state index >= 15 is 0 Å². The first-order valence-corrected chi connectivity index (χ1v) is 6.98. The average molecular weight is 248 g/mol. The molecule has 0 aromatic heterocycles. The van der Waals surface area contributed by atoms with E-state index in [-0.39, 0.29) is 12.1 Å². The van der Waals surface area contributed by atoms with Gasteiger partial charge in [-0.1, -0.05) is 43.2 Å². The van der Waals surface area contributed by atoms with Crippen LogP contribution in [-0.2, 0) is 6.42 Å². The molecule has 3 heteroatoms. The Bertz CT molecular complexity index is 334. The molecule has 3 atom stereocenters. The molecule has 1 heterocycles. The number of aliphatic hydroxyl groups excluding tert-OH is 1. The van der Waals surface area contributed by atoms with Crippen LogP contribution in [0.15, 0.2) is 30.3 Å². The van der Waals surface area contributed by atoms with Gasteiger partial charge < -0.3 is 16.2 Å². The molecule has 0 radical (unpaired) electrons. The van der Waals surface area contributed by atoms with Gasteiger partial charge >= 0.3 is 0 Å². The molecule has 3 nitrogen and oxygen atoms in total. The Morgan fingerprint density at radius 1 is 1.22 bits per heavy atom. The highest BCUT2D eigenvalue weighted by atomic mass is 16.3. The number of nitrogens with one attached hydrogen (secondary N) is 1. The first kappa shape index (κ1) is 13.5. The number of hydrogen-bond donors (Lipinski definition) is 3. The first-order valence-electron chi connectivity index (χ1n) is 6.98. The van der Waals surface area contributed by atoms with Gasteiger partial charge in [0.15, 0.2) is 0 Å². The summed E-state index contributed by atoms with van der Waals surface area (Å²) in [5, 5.41) is 13.8. The maximum absolute atomic E-state index is 10.3. The van der Waals surface area contributed by atoms with Gasteiger partial charge in [-0.05, 0) is 31.4 Å². The first-order chi connectivity index (χ1) is 8.77. The van der Waals surface area contributed by atoms with E-state index in [1.807, 2.05) is 18.2 Å². The van der Waals surface area contributed by atoms with Gasteiger partial charge in [0.1, 0.15) is 0 Å². The lowest BCUT2D eigenvalue weighted by Crippen LogP contribution is -2.50. The maximum atomic E-state index is 10.3. The van der Waals surface area contributed by atoms with Crippen molar-refractivity contribution < 1.29 is 5.11 Å². The van der Waals surface area contributed by atoms with E-state index in [1.54, 1.807) is 0 Å². The fourth-order valence-corrected chi connectivity index (χ4v) is 2.65. The average Bonchev–Trinajstić information content (AvgIpc) is 2.68. The lowest BCUT2D eigenvalue weighted by molar-refractivity contribution is 0.0986. The van der Waals surface area contributed by atoms with Crippen molar-refractivity contribution in [2.75, 3.05) is 6.54 Å². The van der Waals surface area contributed by atoms with Crippen LogP contribution in [0.4, 0.5) is 0 Å². The largest absolute Gasteiger partial charge is 0.390 e. The molecule has 2 rings (SSSR count). The highest BCUT2D eigenvalue weighted by Gasteiger charge is 2.25. The molecule has 100 valence electrons. The summed E-state index contributed by atoms with van der Waals surface area (Å²) < 4.78 is 0. The molecule has 1 saturated heterocycles. The van der Waals surface area contributed by atoms with Crippen LogP contribution >= 0.6 is 0 Å². The second kappa shape index (κ2) is 6.88. The molecule has 0 amide bonds. The number of aliphatic hydroxyl groups is 1. The van der Waals surface area contributed by atoms with Gasteiger partial charge in [0.2, 0.25) is 0 Å². The Morgan fingerprint density at radius 2 is 2.00 bits per heavy atom. The third-order valence-electron chi connectivity index (χ3n) is 3.76. The van der Waals surface area contributed by atoms with Gasteiger partial charge in [-0.15, -0.1) is 0 Å². The predicted molar refractivity (Wildman–Crippen MR) is 74.4 cm³/mol. The summed E-state index contributed by atoms with van der Waals surface area (Å²) in [5.41, 5.74) is 7.33. The van der Waals surface area contributed by atoms with Crippen LogP contribution in [0.3, 0.4) is 0 Å². The molecule has 1 aliphatic heterocycles. The zero-order valence-electron chi connectivity index (χ0n) is 10.9. The second-order valence-corrected chi connectivity index (χ2v) is 5.25. The topological polar surface area (TPSA) is 58.3 Å².